The predicted octanol–water partition coefficient (Wildman–Crippen LogP) is 6.11. The lowest BCUT2D eigenvalue weighted by molar-refractivity contribution is 0.0699. The minimum Gasteiger partial charge on any atom is -0.493 e. The number of para-hydroxylation sites is 1. The standard InChI is InChI=1S/C25H20FNO3/c1-3-30-24-7-5-4-6-19(24)16-8-10-18(15(2)12-16)23-14-21(25(28)29)20-13-17(26)9-11-22(20)27-23/h4-14H,3H2,1-2H3,(H,28,29). The van der Waals surface area contributed by atoms with E-state index in [-0.39, 0.29) is 10.9 Å². The summed E-state index contributed by atoms with van der Waals surface area (Å²) in [6, 6.07) is 19.3. The van der Waals surface area contributed by atoms with Gasteiger partial charge in [-0.15, -0.1) is 0 Å². The molecular formula is C25H20FNO3. The maximum atomic E-state index is 13.6. The second-order valence-electron chi connectivity index (χ2n) is 6.98. The quantitative estimate of drug-likeness (QED) is 0.438. The number of rotatable bonds is 5. The number of aromatic carboxylic acids is 1. The highest BCUT2D eigenvalue weighted by Crippen LogP contribution is 2.34. The molecule has 1 aromatic heterocycles. The van der Waals surface area contributed by atoms with Gasteiger partial charge in [0, 0.05) is 16.5 Å². The normalized spacial score (nSPS) is 10.9. The van der Waals surface area contributed by atoms with E-state index < -0.39 is 11.8 Å². The Morgan fingerprint density at radius 3 is 2.57 bits per heavy atom. The van der Waals surface area contributed by atoms with Gasteiger partial charge >= 0.3 is 5.97 Å². The van der Waals surface area contributed by atoms with Gasteiger partial charge in [-0.1, -0.05) is 36.4 Å². The third-order valence-electron chi connectivity index (χ3n) is 5.00. The van der Waals surface area contributed by atoms with E-state index >= 15 is 0 Å². The maximum Gasteiger partial charge on any atom is 0.336 e. The number of pyridine rings is 1. The summed E-state index contributed by atoms with van der Waals surface area (Å²) in [5.74, 6) is -0.798. The molecule has 0 aliphatic carbocycles. The number of aryl methyl sites for hydroxylation is 1. The molecule has 0 spiro atoms. The van der Waals surface area contributed by atoms with Gasteiger partial charge in [0.05, 0.1) is 23.4 Å². The Kier molecular flexibility index (Phi) is 5.19. The highest BCUT2D eigenvalue weighted by molar-refractivity contribution is 6.03. The zero-order valence-electron chi connectivity index (χ0n) is 16.6. The van der Waals surface area contributed by atoms with Crippen LogP contribution in [0.4, 0.5) is 4.39 Å². The fourth-order valence-corrected chi connectivity index (χ4v) is 3.62. The summed E-state index contributed by atoms with van der Waals surface area (Å²) >= 11 is 0. The lowest BCUT2D eigenvalue weighted by Gasteiger charge is -2.13. The van der Waals surface area contributed by atoms with Crippen molar-refractivity contribution in [1.29, 1.82) is 0 Å². The van der Waals surface area contributed by atoms with Gasteiger partial charge in [-0.3, -0.25) is 0 Å². The lowest BCUT2D eigenvalue weighted by Crippen LogP contribution is -2.01. The van der Waals surface area contributed by atoms with Crippen LogP contribution in [0.1, 0.15) is 22.8 Å². The highest BCUT2D eigenvalue weighted by Gasteiger charge is 2.15. The minimum absolute atomic E-state index is 0.0275. The minimum atomic E-state index is -1.12. The van der Waals surface area contributed by atoms with Crippen molar-refractivity contribution in [3.63, 3.8) is 0 Å². The molecule has 3 aromatic carbocycles. The number of carbonyl (C=O) groups is 1. The third-order valence-corrected chi connectivity index (χ3v) is 5.00. The zero-order chi connectivity index (χ0) is 21.3. The van der Waals surface area contributed by atoms with E-state index in [1.165, 1.54) is 24.3 Å². The number of benzene rings is 3. The summed E-state index contributed by atoms with van der Waals surface area (Å²) in [6.45, 7) is 4.48. The van der Waals surface area contributed by atoms with Crippen molar-refractivity contribution in [1.82, 2.24) is 4.98 Å². The highest BCUT2D eigenvalue weighted by atomic mass is 19.1. The van der Waals surface area contributed by atoms with E-state index in [0.29, 0.717) is 17.8 Å². The number of hydrogen-bond acceptors (Lipinski definition) is 3. The van der Waals surface area contributed by atoms with Crippen molar-refractivity contribution in [2.75, 3.05) is 6.61 Å². The van der Waals surface area contributed by atoms with Gasteiger partial charge in [0.1, 0.15) is 11.6 Å². The van der Waals surface area contributed by atoms with Crippen molar-refractivity contribution in [2.45, 2.75) is 13.8 Å². The van der Waals surface area contributed by atoms with Gasteiger partial charge in [0.15, 0.2) is 0 Å². The Labute approximate surface area is 173 Å². The van der Waals surface area contributed by atoms with Crippen molar-refractivity contribution in [2.24, 2.45) is 0 Å². The average molecular weight is 401 g/mol. The summed E-state index contributed by atoms with van der Waals surface area (Å²) in [7, 11) is 0. The predicted molar refractivity (Wildman–Crippen MR) is 115 cm³/mol. The van der Waals surface area contributed by atoms with Crippen molar-refractivity contribution in [3.05, 3.63) is 83.7 Å². The van der Waals surface area contributed by atoms with Crippen LogP contribution in [-0.2, 0) is 0 Å². The van der Waals surface area contributed by atoms with E-state index in [1.54, 1.807) is 0 Å². The molecule has 4 aromatic rings. The molecule has 0 bridgehead atoms. The van der Waals surface area contributed by atoms with Crippen LogP contribution >= 0.6 is 0 Å². The molecule has 150 valence electrons. The van der Waals surface area contributed by atoms with Crippen molar-refractivity contribution in [3.8, 4) is 28.1 Å². The first-order valence-corrected chi connectivity index (χ1v) is 9.64. The molecule has 4 nitrogen and oxygen atoms in total. The van der Waals surface area contributed by atoms with Gasteiger partial charge in [-0.2, -0.15) is 0 Å². The summed E-state index contributed by atoms with van der Waals surface area (Å²) in [6.07, 6.45) is 0. The maximum absolute atomic E-state index is 13.6. The Bertz CT molecular complexity index is 1270. The molecule has 0 saturated carbocycles. The summed E-state index contributed by atoms with van der Waals surface area (Å²) in [5.41, 5.74) is 4.76. The van der Waals surface area contributed by atoms with Crippen LogP contribution in [0.2, 0.25) is 0 Å². The molecule has 4 rings (SSSR count). The Morgan fingerprint density at radius 1 is 1.03 bits per heavy atom. The van der Waals surface area contributed by atoms with Crippen molar-refractivity contribution >= 4 is 16.9 Å². The molecule has 1 heterocycles. The topological polar surface area (TPSA) is 59.4 Å². The van der Waals surface area contributed by atoms with E-state index in [4.69, 9.17) is 4.74 Å². The molecule has 0 atom stereocenters. The third kappa shape index (κ3) is 3.62. The van der Waals surface area contributed by atoms with Crippen LogP contribution in [0.15, 0.2) is 66.7 Å². The molecule has 30 heavy (non-hydrogen) atoms. The Morgan fingerprint density at radius 2 is 1.83 bits per heavy atom. The van der Waals surface area contributed by atoms with Crippen LogP contribution in [0.3, 0.4) is 0 Å². The van der Waals surface area contributed by atoms with Gasteiger partial charge in [-0.25, -0.2) is 14.2 Å². The Hall–Kier alpha value is -3.73. The van der Waals surface area contributed by atoms with E-state index in [0.717, 1.165) is 28.0 Å². The molecular weight excluding hydrogens is 381 g/mol. The van der Waals surface area contributed by atoms with Crippen LogP contribution in [0.25, 0.3) is 33.3 Å². The van der Waals surface area contributed by atoms with Gasteiger partial charge in [0.2, 0.25) is 0 Å². The van der Waals surface area contributed by atoms with Crippen LogP contribution < -0.4 is 4.74 Å². The zero-order valence-corrected chi connectivity index (χ0v) is 16.6. The molecule has 0 aliphatic heterocycles. The molecule has 1 N–H and O–H groups in total. The summed E-state index contributed by atoms with van der Waals surface area (Å²) in [5, 5.41) is 9.91. The van der Waals surface area contributed by atoms with E-state index in [1.807, 2.05) is 56.3 Å². The monoisotopic (exact) mass is 401 g/mol. The number of hydrogen-bond donors (Lipinski definition) is 1. The molecule has 0 aliphatic rings. The lowest BCUT2D eigenvalue weighted by atomic mass is 9.96. The number of nitrogens with zero attached hydrogens (tertiary/aromatic N) is 1. The molecule has 0 saturated heterocycles. The average Bonchev–Trinajstić information content (AvgIpc) is 2.73. The van der Waals surface area contributed by atoms with E-state index in [9.17, 15) is 14.3 Å². The second-order valence-corrected chi connectivity index (χ2v) is 6.98. The number of carboxylic acid groups (broad SMARTS) is 1. The SMILES string of the molecule is CCOc1ccccc1-c1ccc(-c2cc(C(=O)O)c3cc(F)ccc3n2)c(C)c1. The fourth-order valence-electron chi connectivity index (χ4n) is 3.62. The number of halogens is 1. The van der Waals surface area contributed by atoms with Gasteiger partial charge in [-0.05, 0) is 55.3 Å². The van der Waals surface area contributed by atoms with E-state index in [2.05, 4.69) is 4.98 Å². The molecule has 0 unspecified atom stereocenters. The molecule has 0 radical (unpaired) electrons. The Balaban J connectivity index is 1.84. The summed E-state index contributed by atoms with van der Waals surface area (Å²) < 4.78 is 19.4. The van der Waals surface area contributed by atoms with Crippen LogP contribution in [0, 0.1) is 12.7 Å². The first-order valence-electron chi connectivity index (χ1n) is 9.64. The fraction of sp³-hybridized carbons (Fsp3) is 0.120. The largest absolute Gasteiger partial charge is 0.493 e. The molecule has 0 amide bonds. The molecule has 0 fully saturated rings. The number of ether oxygens (including phenoxy) is 1. The van der Waals surface area contributed by atoms with Crippen LogP contribution in [-0.4, -0.2) is 22.7 Å². The second kappa shape index (κ2) is 7.95. The number of aromatic nitrogens is 1. The van der Waals surface area contributed by atoms with Gasteiger partial charge < -0.3 is 9.84 Å². The summed E-state index contributed by atoms with van der Waals surface area (Å²) in [4.78, 5) is 16.4. The number of carboxylic acids is 1. The first-order chi connectivity index (χ1) is 14.5. The van der Waals surface area contributed by atoms with Crippen molar-refractivity contribution < 1.29 is 19.0 Å². The number of fused-ring (bicyclic) bond motifs is 1. The smallest absolute Gasteiger partial charge is 0.336 e. The van der Waals surface area contributed by atoms with Gasteiger partial charge in [0.25, 0.3) is 0 Å². The molecule has 5 heteroatoms. The van der Waals surface area contributed by atoms with Crippen LogP contribution in [0.5, 0.6) is 5.75 Å². The first kappa shape index (κ1) is 19.6.